The van der Waals surface area contributed by atoms with Gasteiger partial charge in [-0.05, 0) is 54.8 Å². The Labute approximate surface area is 203 Å². The Hall–Kier alpha value is -4.06. The van der Waals surface area contributed by atoms with Crippen molar-refractivity contribution in [3.63, 3.8) is 0 Å². The Morgan fingerprint density at radius 1 is 0.971 bits per heavy atom. The van der Waals surface area contributed by atoms with Crippen molar-refractivity contribution >= 4 is 22.6 Å². The molecule has 1 amide bonds. The Morgan fingerprint density at radius 3 is 2.46 bits per heavy atom. The highest BCUT2D eigenvalue weighted by atomic mass is 16.5. The number of aryl methyl sites for hydroxylation is 1. The van der Waals surface area contributed by atoms with Gasteiger partial charge in [0.25, 0.3) is 5.91 Å². The summed E-state index contributed by atoms with van der Waals surface area (Å²) in [4.78, 5) is 29.1. The van der Waals surface area contributed by atoms with Crippen molar-refractivity contribution < 1.29 is 18.7 Å². The highest BCUT2D eigenvalue weighted by molar-refractivity contribution is 6.10. The maximum Gasteiger partial charge on any atom is 0.295 e. The first kappa shape index (κ1) is 22.7. The van der Waals surface area contributed by atoms with Crippen LogP contribution in [0, 0.1) is 12.8 Å². The highest BCUT2D eigenvalue weighted by Crippen LogP contribution is 2.43. The quantitative estimate of drug-likeness (QED) is 0.352. The van der Waals surface area contributed by atoms with Crippen LogP contribution in [0.15, 0.2) is 75.9 Å². The van der Waals surface area contributed by atoms with Crippen LogP contribution in [-0.2, 0) is 0 Å². The van der Waals surface area contributed by atoms with E-state index in [-0.39, 0.29) is 17.1 Å². The minimum absolute atomic E-state index is 0.0688. The highest BCUT2D eigenvalue weighted by Gasteiger charge is 2.43. The standard InChI is InChI=1S/C29H27NO5/c1-17(2)16-34-23-13-11-19(15-24(23)33-4)26-25-27(31)21-14-18(3)10-12-22(21)35-28(25)29(32)30(26)20-8-6-5-7-9-20/h5-15,17,26H,16H2,1-4H3. The zero-order valence-electron chi connectivity index (χ0n) is 20.2. The van der Waals surface area contributed by atoms with E-state index >= 15 is 0 Å². The van der Waals surface area contributed by atoms with E-state index in [9.17, 15) is 9.59 Å². The molecule has 178 valence electrons. The van der Waals surface area contributed by atoms with Crippen molar-refractivity contribution in [3.8, 4) is 11.5 Å². The van der Waals surface area contributed by atoms with Crippen LogP contribution in [0.3, 0.4) is 0 Å². The molecule has 4 aromatic rings. The van der Waals surface area contributed by atoms with Gasteiger partial charge in [-0.2, -0.15) is 0 Å². The van der Waals surface area contributed by atoms with Crippen LogP contribution in [0.5, 0.6) is 11.5 Å². The fourth-order valence-electron chi connectivity index (χ4n) is 4.49. The third-order valence-corrected chi connectivity index (χ3v) is 6.14. The maximum atomic E-state index is 13.8. The molecule has 0 saturated carbocycles. The van der Waals surface area contributed by atoms with Crippen LogP contribution in [0.4, 0.5) is 5.69 Å². The van der Waals surface area contributed by atoms with Gasteiger partial charge in [-0.15, -0.1) is 0 Å². The molecule has 35 heavy (non-hydrogen) atoms. The number of anilines is 1. The fourth-order valence-corrected chi connectivity index (χ4v) is 4.49. The topological polar surface area (TPSA) is 69.0 Å². The lowest BCUT2D eigenvalue weighted by molar-refractivity contribution is 0.0971. The number of benzene rings is 3. The zero-order valence-corrected chi connectivity index (χ0v) is 20.2. The molecule has 3 aromatic carbocycles. The third kappa shape index (κ3) is 3.95. The number of carbonyl (C=O) groups excluding carboxylic acids is 1. The molecular formula is C29H27NO5. The maximum absolute atomic E-state index is 13.8. The molecule has 6 heteroatoms. The van der Waals surface area contributed by atoms with E-state index in [4.69, 9.17) is 13.9 Å². The number of fused-ring (bicyclic) bond motifs is 2. The average molecular weight is 470 g/mol. The van der Waals surface area contributed by atoms with Crippen molar-refractivity contribution in [2.24, 2.45) is 5.92 Å². The van der Waals surface area contributed by atoms with Gasteiger partial charge in [0, 0.05) is 5.69 Å². The Balaban J connectivity index is 1.73. The fraction of sp³-hybridized carbons (Fsp3) is 0.241. The van der Waals surface area contributed by atoms with E-state index in [1.54, 1.807) is 24.1 Å². The Bertz CT molecular complexity index is 1470. The van der Waals surface area contributed by atoms with Crippen LogP contribution >= 0.6 is 0 Å². The minimum Gasteiger partial charge on any atom is -0.493 e. The van der Waals surface area contributed by atoms with E-state index in [0.717, 1.165) is 11.1 Å². The van der Waals surface area contributed by atoms with Crippen LogP contribution in [0.25, 0.3) is 11.0 Å². The van der Waals surface area contributed by atoms with Crippen LogP contribution < -0.4 is 19.8 Å². The second kappa shape index (κ2) is 8.95. The predicted molar refractivity (Wildman–Crippen MR) is 136 cm³/mol. The molecular weight excluding hydrogens is 442 g/mol. The lowest BCUT2D eigenvalue weighted by Gasteiger charge is -2.26. The van der Waals surface area contributed by atoms with Gasteiger partial charge in [0.2, 0.25) is 5.76 Å². The second-order valence-corrected chi connectivity index (χ2v) is 9.20. The first-order valence-corrected chi connectivity index (χ1v) is 11.7. The third-order valence-electron chi connectivity index (χ3n) is 6.14. The number of rotatable bonds is 6. The molecule has 2 heterocycles. The molecule has 1 aliphatic rings. The summed E-state index contributed by atoms with van der Waals surface area (Å²) in [6.07, 6.45) is 0. The number of para-hydroxylation sites is 1. The van der Waals surface area contributed by atoms with Crippen molar-refractivity contribution in [1.82, 2.24) is 0 Å². The lowest BCUT2D eigenvalue weighted by atomic mass is 9.97. The zero-order chi connectivity index (χ0) is 24.7. The first-order valence-electron chi connectivity index (χ1n) is 11.7. The molecule has 0 saturated heterocycles. The molecule has 5 rings (SSSR count). The number of methoxy groups -OCH3 is 1. The Kier molecular flexibility index (Phi) is 5.81. The normalized spacial score (nSPS) is 15.1. The number of hydrogen-bond acceptors (Lipinski definition) is 5. The summed E-state index contributed by atoms with van der Waals surface area (Å²) in [5, 5.41) is 0.459. The molecule has 6 nitrogen and oxygen atoms in total. The molecule has 0 aliphatic carbocycles. The van der Waals surface area contributed by atoms with Gasteiger partial charge < -0.3 is 13.9 Å². The minimum atomic E-state index is -0.672. The predicted octanol–water partition coefficient (Wildman–Crippen LogP) is 5.89. The number of nitrogens with zero attached hydrogens (tertiary/aromatic N) is 1. The average Bonchev–Trinajstić information content (AvgIpc) is 3.16. The Morgan fingerprint density at radius 2 is 1.74 bits per heavy atom. The van der Waals surface area contributed by atoms with Gasteiger partial charge >= 0.3 is 0 Å². The molecule has 0 spiro atoms. The summed E-state index contributed by atoms with van der Waals surface area (Å²) in [5.74, 6) is 1.22. The van der Waals surface area contributed by atoms with Gasteiger partial charge in [-0.25, -0.2) is 0 Å². The van der Waals surface area contributed by atoms with E-state index in [0.29, 0.717) is 46.2 Å². The number of ether oxygens (including phenoxy) is 2. The van der Waals surface area contributed by atoms with Gasteiger partial charge in [0.15, 0.2) is 16.9 Å². The van der Waals surface area contributed by atoms with E-state index in [2.05, 4.69) is 13.8 Å². The van der Waals surface area contributed by atoms with Crippen molar-refractivity contribution in [2.75, 3.05) is 18.6 Å². The molecule has 0 fully saturated rings. The van der Waals surface area contributed by atoms with Crippen molar-refractivity contribution in [2.45, 2.75) is 26.8 Å². The smallest absolute Gasteiger partial charge is 0.295 e. The van der Waals surface area contributed by atoms with Gasteiger partial charge in [0.1, 0.15) is 5.58 Å². The van der Waals surface area contributed by atoms with E-state index in [1.807, 2.05) is 61.5 Å². The molecule has 0 bridgehead atoms. The largest absolute Gasteiger partial charge is 0.493 e. The van der Waals surface area contributed by atoms with Crippen LogP contribution in [-0.4, -0.2) is 19.6 Å². The molecule has 1 atom stereocenters. The van der Waals surface area contributed by atoms with Crippen molar-refractivity contribution in [1.29, 1.82) is 0 Å². The van der Waals surface area contributed by atoms with Crippen LogP contribution in [0.2, 0.25) is 0 Å². The summed E-state index contributed by atoms with van der Waals surface area (Å²) >= 11 is 0. The second-order valence-electron chi connectivity index (χ2n) is 9.20. The van der Waals surface area contributed by atoms with Crippen molar-refractivity contribution in [3.05, 3.63) is 99.4 Å². The van der Waals surface area contributed by atoms with E-state index < -0.39 is 6.04 Å². The van der Waals surface area contributed by atoms with Gasteiger partial charge in [-0.1, -0.05) is 49.7 Å². The first-order chi connectivity index (χ1) is 16.9. The molecule has 1 unspecified atom stereocenters. The monoisotopic (exact) mass is 469 g/mol. The van der Waals surface area contributed by atoms with E-state index in [1.165, 1.54) is 0 Å². The summed E-state index contributed by atoms with van der Waals surface area (Å²) in [7, 11) is 1.58. The molecule has 0 radical (unpaired) electrons. The molecule has 0 N–H and O–H groups in total. The van der Waals surface area contributed by atoms with Crippen LogP contribution in [0.1, 0.15) is 47.1 Å². The number of carbonyl (C=O) groups is 1. The number of amides is 1. The summed E-state index contributed by atoms with van der Waals surface area (Å²) in [6.45, 7) is 6.62. The summed E-state index contributed by atoms with van der Waals surface area (Å²) < 4.78 is 17.6. The van der Waals surface area contributed by atoms with Gasteiger partial charge in [0.05, 0.1) is 30.7 Å². The lowest BCUT2D eigenvalue weighted by Crippen LogP contribution is -2.29. The summed E-state index contributed by atoms with van der Waals surface area (Å²) in [5.41, 5.74) is 2.87. The number of hydrogen-bond donors (Lipinski definition) is 0. The molecule has 1 aliphatic heterocycles. The summed E-state index contributed by atoms with van der Waals surface area (Å²) in [6, 6.07) is 19.6. The van der Waals surface area contributed by atoms with Gasteiger partial charge in [-0.3, -0.25) is 14.5 Å². The molecule has 1 aromatic heterocycles. The SMILES string of the molecule is COc1cc(C2c3c(oc4ccc(C)cc4c3=O)C(=O)N2c2ccccc2)ccc1OCC(C)C.